The van der Waals surface area contributed by atoms with Crippen LogP contribution >= 0.6 is 0 Å². The molecule has 0 unspecified atom stereocenters. The zero-order chi connectivity index (χ0) is 23.2. The van der Waals surface area contributed by atoms with Crippen LogP contribution in [0.15, 0.2) is 42.5 Å². The van der Waals surface area contributed by atoms with E-state index < -0.39 is 29.0 Å². The molecule has 2 N–H and O–H groups in total. The van der Waals surface area contributed by atoms with Gasteiger partial charge in [-0.05, 0) is 54.7 Å². The number of alkyl halides is 3. The lowest BCUT2D eigenvalue weighted by Gasteiger charge is -2.27. The highest BCUT2D eigenvalue weighted by Gasteiger charge is 2.35. The second-order valence-corrected chi connectivity index (χ2v) is 7.38. The van der Waals surface area contributed by atoms with Gasteiger partial charge in [-0.3, -0.25) is 9.59 Å². The summed E-state index contributed by atoms with van der Waals surface area (Å²) in [4.78, 5) is 24.5. The summed E-state index contributed by atoms with van der Waals surface area (Å²) in [6, 6.07) is 9.48. The third-order valence-electron chi connectivity index (χ3n) is 5.59. The van der Waals surface area contributed by atoms with Crippen molar-refractivity contribution in [2.75, 3.05) is 7.11 Å². The Balaban J connectivity index is 2.19. The molecule has 0 aliphatic rings. The molecule has 31 heavy (non-hydrogen) atoms. The molecule has 2 aromatic rings. The molecule has 2 aromatic carbocycles. The standard InChI is InChI=1S/C23H26F3NO4/c1-4-22(5-2,21(29)30)13-16-8-11-19(31-3)18(12-16)20(28)27-14-15-6-9-17(10-7-15)23(24,25)26/h6-12H,4-5,13-14H2,1-3H3,(H,27,28)(H,29,30). The number of halogens is 3. The molecule has 0 bridgehead atoms. The van der Waals surface area contributed by atoms with Gasteiger partial charge in [0, 0.05) is 6.54 Å². The Morgan fingerprint density at radius 1 is 1.00 bits per heavy atom. The number of hydrogen-bond donors (Lipinski definition) is 2. The van der Waals surface area contributed by atoms with Gasteiger partial charge in [-0.25, -0.2) is 0 Å². The highest BCUT2D eigenvalue weighted by Crippen LogP contribution is 2.33. The maximum atomic E-state index is 12.7. The van der Waals surface area contributed by atoms with Gasteiger partial charge in [0.2, 0.25) is 0 Å². The molecule has 0 saturated heterocycles. The molecule has 0 aliphatic heterocycles. The normalized spacial score (nSPS) is 11.8. The van der Waals surface area contributed by atoms with Crippen molar-refractivity contribution in [2.45, 2.75) is 45.8 Å². The fraction of sp³-hybridized carbons (Fsp3) is 0.391. The van der Waals surface area contributed by atoms with Crippen LogP contribution in [0.3, 0.4) is 0 Å². The third-order valence-corrected chi connectivity index (χ3v) is 5.59. The number of aliphatic carboxylic acids is 1. The van der Waals surface area contributed by atoms with Gasteiger partial charge in [0.1, 0.15) is 5.75 Å². The molecule has 1 amide bonds. The number of amides is 1. The molecule has 2 rings (SSSR count). The number of rotatable bonds is 9. The monoisotopic (exact) mass is 437 g/mol. The summed E-state index contributed by atoms with van der Waals surface area (Å²) < 4.78 is 43.3. The average molecular weight is 437 g/mol. The lowest BCUT2D eigenvalue weighted by Crippen LogP contribution is -2.32. The van der Waals surface area contributed by atoms with Crippen LogP contribution in [0.5, 0.6) is 5.75 Å². The number of methoxy groups -OCH3 is 1. The van der Waals surface area contributed by atoms with Gasteiger partial charge >= 0.3 is 12.1 Å². The minimum atomic E-state index is -4.42. The van der Waals surface area contributed by atoms with Crippen LogP contribution in [0.2, 0.25) is 0 Å². The van der Waals surface area contributed by atoms with Crippen molar-refractivity contribution in [3.63, 3.8) is 0 Å². The maximum absolute atomic E-state index is 12.7. The fourth-order valence-electron chi connectivity index (χ4n) is 3.40. The highest BCUT2D eigenvalue weighted by molar-refractivity contribution is 5.97. The van der Waals surface area contributed by atoms with Gasteiger partial charge in [-0.2, -0.15) is 13.2 Å². The van der Waals surface area contributed by atoms with Crippen molar-refractivity contribution in [1.29, 1.82) is 0 Å². The molecule has 0 aliphatic carbocycles. The molecule has 168 valence electrons. The van der Waals surface area contributed by atoms with Gasteiger partial charge in [0.25, 0.3) is 5.91 Å². The largest absolute Gasteiger partial charge is 0.496 e. The van der Waals surface area contributed by atoms with Crippen molar-refractivity contribution in [2.24, 2.45) is 5.41 Å². The molecule has 5 nitrogen and oxygen atoms in total. The number of carbonyl (C=O) groups excluding carboxylic acids is 1. The Labute approximate surface area is 179 Å². The van der Waals surface area contributed by atoms with E-state index in [4.69, 9.17) is 4.74 Å². The summed E-state index contributed by atoms with van der Waals surface area (Å²) in [5.41, 5.74) is -0.253. The van der Waals surface area contributed by atoms with E-state index in [1.54, 1.807) is 18.2 Å². The van der Waals surface area contributed by atoms with E-state index in [1.165, 1.54) is 19.2 Å². The Bertz CT molecular complexity index is 919. The van der Waals surface area contributed by atoms with Gasteiger partial charge in [0.05, 0.1) is 23.7 Å². The first kappa shape index (κ1) is 24.2. The van der Waals surface area contributed by atoms with Crippen molar-refractivity contribution in [1.82, 2.24) is 5.32 Å². The third kappa shape index (κ3) is 5.77. The minimum absolute atomic E-state index is 0.0351. The van der Waals surface area contributed by atoms with Crippen molar-refractivity contribution in [3.05, 3.63) is 64.7 Å². The predicted octanol–water partition coefficient (Wildman–Crippen LogP) is 5.08. The van der Waals surface area contributed by atoms with Crippen LogP contribution in [0.4, 0.5) is 13.2 Å². The zero-order valence-electron chi connectivity index (χ0n) is 17.7. The predicted molar refractivity (Wildman–Crippen MR) is 110 cm³/mol. The van der Waals surface area contributed by atoms with Gasteiger partial charge in [0.15, 0.2) is 0 Å². The van der Waals surface area contributed by atoms with Gasteiger partial charge in [-0.1, -0.05) is 32.0 Å². The van der Waals surface area contributed by atoms with Crippen LogP contribution in [0, 0.1) is 5.41 Å². The number of nitrogens with one attached hydrogen (secondary N) is 1. The summed E-state index contributed by atoms with van der Waals surface area (Å²) in [5.74, 6) is -1.03. The number of carbonyl (C=O) groups is 2. The quantitative estimate of drug-likeness (QED) is 0.574. The van der Waals surface area contributed by atoms with Gasteiger partial charge < -0.3 is 15.2 Å². The van der Waals surface area contributed by atoms with Crippen LogP contribution in [0.1, 0.15) is 53.7 Å². The van der Waals surface area contributed by atoms with Crippen LogP contribution in [0.25, 0.3) is 0 Å². The zero-order valence-corrected chi connectivity index (χ0v) is 17.7. The van der Waals surface area contributed by atoms with Crippen molar-refractivity contribution in [3.8, 4) is 5.75 Å². The van der Waals surface area contributed by atoms with E-state index in [9.17, 15) is 27.9 Å². The van der Waals surface area contributed by atoms with E-state index in [-0.39, 0.29) is 18.5 Å². The van der Waals surface area contributed by atoms with E-state index in [1.807, 2.05) is 13.8 Å². The van der Waals surface area contributed by atoms with E-state index >= 15 is 0 Å². The molecule has 0 fully saturated rings. The number of benzene rings is 2. The Kier molecular flexibility index (Phi) is 7.70. The van der Waals surface area contributed by atoms with E-state index in [0.717, 1.165) is 12.1 Å². The fourth-order valence-corrected chi connectivity index (χ4v) is 3.40. The first-order chi connectivity index (χ1) is 14.6. The summed E-state index contributed by atoms with van der Waals surface area (Å²) in [6.07, 6.45) is -3.27. The lowest BCUT2D eigenvalue weighted by molar-refractivity contribution is -0.149. The van der Waals surface area contributed by atoms with Crippen molar-refractivity contribution >= 4 is 11.9 Å². The molecule has 0 atom stereocenters. The molecule has 0 saturated carbocycles. The topological polar surface area (TPSA) is 75.6 Å². The van der Waals surface area contributed by atoms with Crippen LogP contribution in [-0.2, 0) is 23.9 Å². The summed E-state index contributed by atoms with van der Waals surface area (Å²) in [7, 11) is 1.42. The Morgan fingerprint density at radius 3 is 2.06 bits per heavy atom. The SMILES string of the molecule is CCC(CC)(Cc1ccc(OC)c(C(=O)NCc2ccc(C(F)(F)F)cc2)c1)C(=O)O. The number of hydrogen-bond acceptors (Lipinski definition) is 3. The van der Waals surface area contributed by atoms with Crippen LogP contribution < -0.4 is 10.1 Å². The maximum Gasteiger partial charge on any atom is 0.416 e. The Hall–Kier alpha value is -3.03. The van der Waals surface area contributed by atoms with Crippen LogP contribution in [-0.4, -0.2) is 24.1 Å². The first-order valence-corrected chi connectivity index (χ1v) is 9.91. The number of ether oxygens (including phenoxy) is 1. The molecular weight excluding hydrogens is 411 g/mol. The summed E-state index contributed by atoms with van der Waals surface area (Å²) >= 11 is 0. The second kappa shape index (κ2) is 9.85. The molecule has 0 spiro atoms. The summed E-state index contributed by atoms with van der Waals surface area (Å²) in [5, 5.41) is 12.3. The highest BCUT2D eigenvalue weighted by atomic mass is 19.4. The number of carboxylic acid groups (broad SMARTS) is 1. The molecule has 0 aromatic heterocycles. The van der Waals surface area contributed by atoms with E-state index in [0.29, 0.717) is 29.7 Å². The molecular formula is C23H26F3NO4. The molecule has 0 heterocycles. The Morgan fingerprint density at radius 2 is 1.58 bits per heavy atom. The smallest absolute Gasteiger partial charge is 0.416 e. The lowest BCUT2D eigenvalue weighted by atomic mass is 9.77. The number of carboxylic acids is 1. The van der Waals surface area contributed by atoms with E-state index in [2.05, 4.69) is 5.32 Å². The summed E-state index contributed by atoms with van der Waals surface area (Å²) in [6.45, 7) is 3.67. The molecule has 0 radical (unpaired) electrons. The van der Waals surface area contributed by atoms with Gasteiger partial charge in [-0.15, -0.1) is 0 Å². The van der Waals surface area contributed by atoms with Crippen molar-refractivity contribution < 1.29 is 32.6 Å². The average Bonchev–Trinajstić information content (AvgIpc) is 2.75. The first-order valence-electron chi connectivity index (χ1n) is 9.91. The minimum Gasteiger partial charge on any atom is -0.496 e. The second-order valence-electron chi connectivity index (χ2n) is 7.38. The molecule has 8 heteroatoms.